The lowest BCUT2D eigenvalue weighted by Gasteiger charge is -2.39. The molecule has 0 rings (SSSR count). The first-order valence-electron chi connectivity index (χ1n) is 8.50. The molecule has 6 heteroatoms. The van der Waals surface area contributed by atoms with E-state index in [4.69, 9.17) is 13.3 Å². The van der Waals surface area contributed by atoms with Crippen LogP contribution in [0.3, 0.4) is 0 Å². The molecule has 4 nitrogen and oxygen atoms in total. The molecule has 0 amide bonds. The van der Waals surface area contributed by atoms with E-state index in [9.17, 15) is 0 Å². The van der Waals surface area contributed by atoms with E-state index < -0.39 is 8.80 Å². The standard InChI is InChI=1S/C16H38NO3Si.ClH/c1-7-9-10-11-12-13-15-17(3,14-8-2)16-21(18-4,19-5)20-6;/h7-16H2,1-6H3;1H/q+1;/p-1. The smallest absolute Gasteiger partial charge is 0.558 e. The number of halogens is 1. The molecule has 0 N–H and O–H groups in total. The molecule has 0 radical (unpaired) electrons. The third-order valence-corrected chi connectivity index (χ3v) is 7.34. The van der Waals surface area contributed by atoms with Crippen LogP contribution < -0.4 is 12.4 Å². The van der Waals surface area contributed by atoms with Crippen molar-refractivity contribution >= 4 is 8.80 Å². The Hall–Kier alpha value is 0.347. The summed E-state index contributed by atoms with van der Waals surface area (Å²) in [5, 5.41) is 0. The fourth-order valence-electron chi connectivity index (χ4n) is 2.99. The van der Waals surface area contributed by atoms with E-state index >= 15 is 0 Å². The molecule has 0 fully saturated rings. The van der Waals surface area contributed by atoms with Gasteiger partial charge in [0.25, 0.3) is 0 Å². The van der Waals surface area contributed by atoms with Gasteiger partial charge in [0.1, 0.15) is 6.17 Å². The molecular weight excluding hydrogens is 318 g/mol. The van der Waals surface area contributed by atoms with Crippen molar-refractivity contribution in [1.29, 1.82) is 0 Å². The maximum absolute atomic E-state index is 5.62. The summed E-state index contributed by atoms with van der Waals surface area (Å²) in [6, 6.07) is 0. The van der Waals surface area contributed by atoms with E-state index in [1.165, 1.54) is 51.5 Å². The van der Waals surface area contributed by atoms with Crippen molar-refractivity contribution < 1.29 is 30.2 Å². The van der Waals surface area contributed by atoms with Gasteiger partial charge in [-0.3, -0.25) is 0 Å². The first kappa shape index (κ1) is 24.6. The Balaban J connectivity index is 0. The van der Waals surface area contributed by atoms with Gasteiger partial charge in [0.05, 0.1) is 20.1 Å². The SMILES string of the molecule is CCCCCCCC[N+](C)(CCC)C[Si](OC)(OC)OC.[Cl-]. The molecule has 1 unspecified atom stereocenters. The number of hydrogen-bond acceptors (Lipinski definition) is 3. The zero-order chi connectivity index (χ0) is 16.2. The molecule has 0 saturated carbocycles. The summed E-state index contributed by atoms with van der Waals surface area (Å²) in [5.74, 6) is 0. The summed E-state index contributed by atoms with van der Waals surface area (Å²) in [6.07, 6.45) is 10.1. The number of nitrogens with zero attached hydrogens (tertiary/aromatic N) is 1. The van der Waals surface area contributed by atoms with Crippen molar-refractivity contribution in [2.24, 2.45) is 0 Å². The third kappa shape index (κ3) is 9.48. The number of unbranched alkanes of at least 4 members (excludes halogenated alkanes) is 5. The van der Waals surface area contributed by atoms with E-state index in [0.29, 0.717) is 0 Å². The monoisotopic (exact) mass is 355 g/mol. The second-order valence-corrected chi connectivity index (χ2v) is 9.19. The van der Waals surface area contributed by atoms with Crippen molar-refractivity contribution in [3.63, 3.8) is 0 Å². The first-order valence-corrected chi connectivity index (χ1v) is 10.4. The Kier molecular flexibility index (Phi) is 15.4. The van der Waals surface area contributed by atoms with Crippen molar-refractivity contribution in [2.45, 2.75) is 58.8 Å². The summed E-state index contributed by atoms with van der Waals surface area (Å²) in [5.41, 5.74) is 0. The molecule has 0 bridgehead atoms. The van der Waals surface area contributed by atoms with Crippen molar-refractivity contribution in [2.75, 3.05) is 47.6 Å². The van der Waals surface area contributed by atoms with Gasteiger partial charge in [-0.15, -0.1) is 0 Å². The summed E-state index contributed by atoms with van der Waals surface area (Å²) in [7, 11) is 4.94. The molecule has 0 aromatic carbocycles. The molecular formula is C16H38ClNO3Si. The molecule has 0 heterocycles. The maximum atomic E-state index is 5.62. The van der Waals surface area contributed by atoms with Crippen LogP contribution in [0.1, 0.15) is 58.8 Å². The zero-order valence-electron chi connectivity index (χ0n) is 15.6. The highest BCUT2D eigenvalue weighted by molar-refractivity contribution is 6.60. The second kappa shape index (κ2) is 13.8. The summed E-state index contributed by atoms with van der Waals surface area (Å²) >= 11 is 0. The van der Waals surface area contributed by atoms with E-state index in [2.05, 4.69) is 20.9 Å². The predicted octanol–water partition coefficient (Wildman–Crippen LogP) is 0.625. The fourth-order valence-corrected chi connectivity index (χ4v) is 5.13. The minimum absolute atomic E-state index is 0. The van der Waals surface area contributed by atoms with Crippen LogP contribution >= 0.6 is 0 Å². The van der Waals surface area contributed by atoms with Crippen molar-refractivity contribution in [3.8, 4) is 0 Å². The zero-order valence-corrected chi connectivity index (χ0v) is 17.4. The molecule has 0 saturated heterocycles. The van der Waals surface area contributed by atoms with Crippen LogP contribution in [0.5, 0.6) is 0 Å². The van der Waals surface area contributed by atoms with Gasteiger partial charge in [0.2, 0.25) is 0 Å². The van der Waals surface area contributed by atoms with Crippen LogP contribution in [-0.4, -0.2) is 60.9 Å². The molecule has 0 aliphatic heterocycles. The molecule has 1 atom stereocenters. The van der Waals surface area contributed by atoms with Crippen molar-refractivity contribution in [3.05, 3.63) is 0 Å². The van der Waals surface area contributed by atoms with Crippen LogP contribution in [0.4, 0.5) is 0 Å². The number of hydrogen-bond donors (Lipinski definition) is 0. The van der Waals surface area contributed by atoms with E-state index in [1.807, 2.05) is 0 Å². The van der Waals surface area contributed by atoms with Crippen LogP contribution in [0.15, 0.2) is 0 Å². The molecule has 0 aromatic heterocycles. The highest BCUT2D eigenvalue weighted by Gasteiger charge is 2.46. The molecule has 0 aromatic rings. The largest absolute Gasteiger partial charge is 1.00 e. The Labute approximate surface area is 145 Å². The quantitative estimate of drug-likeness (QED) is 0.260. The lowest BCUT2D eigenvalue weighted by molar-refractivity contribution is -0.902. The third-order valence-electron chi connectivity index (χ3n) is 4.32. The van der Waals surface area contributed by atoms with Crippen LogP contribution in [0.25, 0.3) is 0 Å². The molecule has 136 valence electrons. The van der Waals surface area contributed by atoms with Gasteiger partial charge in [0.15, 0.2) is 0 Å². The Bertz CT molecular complexity index is 247. The van der Waals surface area contributed by atoms with Gasteiger partial charge in [-0.2, -0.15) is 0 Å². The number of quaternary nitrogens is 1. The molecule has 0 aliphatic rings. The van der Waals surface area contributed by atoms with Crippen molar-refractivity contribution in [1.82, 2.24) is 0 Å². The minimum Gasteiger partial charge on any atom is -1.00 e. The average Bonchev–Trinajstić information content (AvgIpc) is 2.49. The molecule has 0 spiro atoms. The molecule has 0 aliphatic carbocycles. The predicted molar refractivity (Wildman–Crippen MR) is 91.2 cm³/mol. The molecule has 22 heavy (non-hydrogen) atoms. The Morgan fingerprint density at radius 3 is 1.68 bits per heavy atom. The second-order valence-electron chi connectivity index (χ2n) is 6.29. The minimum atomic E-state index is -2.50. The maximum Gasteiger partial charge on any atom is 0.558 e. The topological polar surface area (TPSA) is 27.7 Å². The summed E-state index contributed by atoms with van der Waals surface area (Å²) in [6.45, 7) is 6.84. The van der Waals surface area contributed by atoms with Gasteiger partial charge in [-0.1, -0.05) is 39.5 Å². The summed E-state index contributed by atoms with van der Waals surface area (Å²) < 4.78 is 17.8. The van der Waals surface area contributed by atoms with Crippen LogP contribution in [0.2, 0.25) is 0 Å². The van der Waals surface area contributed by atoms with Gasteiger partial charge in [0, 0.05) is 21.3 Å². The summed E-state index contributed by atoms with van der Waals surface area (Å²) in [4.78, 5) is 0. The lowest BCUT2D eigenvalue weighted by atomic mass is 10.1. The van der Waals surface area contributed by atoms with Gasteiger partial charge in [-0.25, -0.2) is 0 Å². The Morgan fingerprint density at radius 2 is 1.23 bits per heavy atom. The van der Waals surface area contributed by atoms with E-state index in [0.717, 1.165) is 17.2 Å². The van der Waals surface area contributed by atoms with Gasteiger partial charge < -0.3 is 30.2 Å². The van der Waals surface area contributed by atoms with Gasteiger partial charge >= 0.3 is 8.80 Å². The van der Waals surface area contributed by atoms with E-state index in [-0.39, 0.29) is 12.4 Å². The average molecular weight is 356 g/mol. The first-order chi connectivity index (χ1) is 10.0. The van der Waals surface area contributed by atoms with Crippen LogP contribution in [0, 0.1) is 0 Å². The normalized spacial score (nSPS) is 14.5. The van der Waals surface area contributed by atoms with E-state index in [1.54, 1.807) is 21.3 Å². The Morgan fingerprint density at radius 1 is 0.727 bits per heavy atom. The highest BCUT2D eigenvalue weighted by atomic mass is 35.5. The highest BCUT2D eigenvalue weighted by Crippen LogP contribution is 2.17. The number of rotatable bonds is 14. The fraction of sp³-hybridized carbons (Fsp3) is 1.00. The lowest BCUT2D eigenvalue weighted by Crippen LogP contribution is -3.00. The van der Waals surface area contributed by atoms with Crippen LogP contribution in [-0.2, 0) is 13.3 Å². The van der Waals surface area contributed by atoms with Gasteiger partial charge in [-0.05, 0) is 19.3 Å².